The lowest BCUT2D eigenvalue weighted by molar-refractivity contribution is -0.111. The Morgan fingerprint density at radius 3 is 1.39 bits per heavy atom. The van der Waals surface area contributed by atoms with E-state index in [1.165, 1.54) is 0 Å². The number of carbonyl (C=O) groups excluding carboxylic acids is 1. The third kappa shape index (κ3) is 6.92. The zero-order valence-electron chi connectivity index (χ0n) is 26.7. The molecular formula is C35H42N2O7S2. The van der Waals surface area contributed by atoms with E-state index in [9.17, 15) is 30.7 Å². The number of hydrogen-bond donors (Lipinski definition) is 2. The van der Waals surface area contributed by atoms with Gasteiger partial charge in [-0.15, -0.1) is 0 Å². The molecule has 11 heteroatoms. The highest BCUT2D eigenvalue weighted by Crippen LogP contribution is 2.49. The van der Waals surface area contributed by atoms with Crippen molar-refractivity contribution in [3.8, 4) is 0 Å². The molecular weight excluding hydrogens is 625 g/mol. The minimum absolute atomic E-state index is 0.0221. The highest BCUT2D eigenvalue weighted by atomic mass is 32.2. The summed E-state index contributed by atoms with van der Waals surface area (Å²) < 4.78 is 64.1. The van der Waals surface area contributed by atoms with Crippen molar-refractivity contribution in [3.63, 3.8) is 0 Å². The molecule has 1 aliphatic carbocycles. The van der Waals surface area contributed by atoms with Crippen LogP contribution in [-0.2, 0) is 35.9 Å². The largest absolute Gasteiger partial charge is 0.344 e. The van der Waals surface area contributed by atoms with Gasteiger partial charge in [0.2, 0.25) is 0 Å². The van der Waals surface area contributed by atoms with Crippen LogP contribution in [0.2, 0.25) is 0 Å². The Hall–Kier alpha value is -3.51. The third-order valence-corrected chi connectivity index (χ3v) is 10.9. The summed E-state index contributed by atoms with van der Waals surface area (Å²) in [6, 6.07) is 16.0. The lowest BCUT2D eigenvalue weighted by Gasteiger charge is -2.27. The van der Waals surface area contributed by atoms with E-state index >= 15 is 0 Å². The standard InChI is InChI=1S/C35H42N2O7S2/c1-34(2)27-11-5-7-13-29(27)36(21-9-23-45(39,40)41)31(34)19-17-25-15-16-26(33(25)38)18-20-32-35(3,4)28-12-6-8-14-30(28)37(32)22-10-24-46(42,43)44/h5-8,11-14,17-20H,9-10,15-16,21-24H2,1-4H3,(H,39,40,41)(H,42,43,44). The van der Waals surface area contributed by atoms with Crippen molar-refractivity contribution in [2.75, 3.05) is 34.4 Å². The molecule has 246 valence electrons. The Bertz CT molecular complexity index is 1750. The summed E-state index contributed by atoms with van der Waals surface area (Å²) in [5, 5.41) is 0. The van der Waals surface area contributed by atoms with Crippen LogP contribution in [0.25, 0.3) is 0 Å². The Labute approximate surface area is 272 Å². The number of rotatable bonds is 10. The summed E-state index contributed by atoms with van der Waals surface area (Å²) in [6.07, 6.45) is 9.39. The summed E-state index contributed by atoms with van der Waals surface area (Å²) >= 11 is 0. The van der Waals surface area contributed by atoms with Crippen LogP contribution >= 0.6 is 0 Å². The van der Waals surface area contributed by atoms with Crippen LogP contribution in [-0.4, -0.2) is 56.3 Å². The molecule has 0 saturated heterocycles. The van der Waals surface area contributed by atoms with Crippen molar-refractivity contribution in [2.45, 2.75) is 64.2 Å². The Morgan fingerprint density at radius 2 is 1.02 bits per heavy atom. The van der Waals surface area contributed by atoms with E-state index in [1.807, 2.05) is 60.7 Å². The molecule has 0 spiro atoms. The van der Waals surface area contributed by atoms with Gasteiger partial charge in [-0.25, -0.2) is 0 Å². The molecule has 2 N–H and O–H groups in total. The Balaban J connectivity index is 1.41. The van der Waals surface area contributed by atoms with E-state index in [-0.39, 0.29) is 41.0 Å². The topological polar surface area (TPSA) is 132 Å². The third-order valence-electron chi connectivity index (χ3n) is 9.30. The molecule has 0 aromatic heterocycles. The number of Topliss-reactive ketones (excluding diaryl/α,β-unsaturated/α-hetero) is 1. The number of ketones is 1. The molecule has 0 atom stereocenters. The van der Waals surface area contributed by atoms with E-state index in [0.29, 0.717) is 37.1 Å². The molecule has 2 heterocycles. The van der Waals surface area contributed by atoms with Crippen LogP contribution in [0.5, 0.6) is 0 Å². The van der Waals surface area contributed by atoms with Gasteiger partial charge in [0.1, 0.15) is 0 Å². The second kappa shape index (κ2) is 12.6. The van der Waals surface area contributed by atoms with Crippen LogP contribution in [0.1, 0.15) is 64.5 Å². The average Bonchev–Trinajstić information content (AvgIpc) is 3.50. The lowest BCUT2D eigenvalue weighted by atomic mass is 9.83. The average molecular weight is 667 g/mol. The predicted octanol–water partition coefficient (Wildman–Crippen LogP) is 6.12. The fraction of sp³-hybridized carbons (Fsp3) is 0.400. The predicted molar refractivity (Wildman–Crippen MR) is 182 cm³/mol. The maximum absolute atomic E-state index is 13.6. The second-order valence-electron chi connectivity index (χ2n) is 13.2. The highest BCUT2D eigenvalue weighted by molar-refractivity contribution is 7.86. The molecule has 9 nitrogen and oxygen atoms in total. The number of hydrogen-bond acceptors (Lipinski definition) is 7. The smallest absolute Gasteiger partial charge is 0.264 e. The number of fused-ring (bicyclic) bond motifs is 2. The molecule has 2 aromatic rings. The summed E-state index contributed by atoms with van der Waals surface area (Å²) in [5.41, 5.74) is 6.73. The highest BCUT2D eigenvalue weighted by Gasteiger charge is 2.41. The first-order valence-electron chi connectivity index (χ1n) is 15.5. The summed E-state index contributed by atoms with van der Waals surface area (Å²) in [5.74, 6) is -0.684. The van der Waals surface area contributed by atoms with Crippen LogP contribution in [0, 0.1) is 0 Å². The molecule has 0 amide bonds. The quantitative estimate of drug-likeness (QED) is 0.227. The van der Waals surface area contributed by atoms with Gasteiger partial charge in [0.15, 0.2) is 5.78 Å². The van der Waals surface area contributed by atoms with Crippen molar-refractivity contribution < 1.29 is 30.7 Å². The van der Waals surface area contributed by atoms with Crippen LogP contribution in [0.3, 0.4) is 0 Å². The number of nitrogens with zero attached hydrogens (tertiary/aromatic N) is 2. The molecule has 1 saturated carbocycles. The van der Waals surface area contributed by atoms with Gasteiger partial charge in [-0.3, -0.25) is 13.9 Å². The number of benzene rings is 2. The molecule has 46 heavy (non-hydrogen) atoms. The first kappa shape index (κ1) is 33.8. The summed E-state index contributed by atoms with van der Waals surface area (Å²) in [6.45, 7) is 9.24. The van der Waals surface area contributed by atoms with Crippen LogP contribution < -0.4 is 9.80 Å². The fourth-order valence-electron chi connectivity index (χ4n) is 6.95. The van der Waals surface area contributed by atoms with Crippen molar-refractivity contribution in [3.05, 3.63) is 107 Å². The van der Waals surface area contributed by atoms with Gasteiger partial charge < -0.3 is 9.80 Å². The number of carbonyl (C=O) groups is 1. The number of anilines is 2. The van der Waals surface area contributed by atoms with Gasteiger partial charge in [0.05, 0.1) is 11.5 Å². The van der Waals surface area contributed by atoms with Gasteiger partial charge in [-0.05, 0) is 61.1 Å². The van der Waals surface area contributed by atoms with Crippen molar-refractivity contribution in [2.24, 2.45) is 0 Å². The van der Waals surface area contributed by atoms with Crippen molar-refractivity contribution in [1.29, 1.82) is 0 Å². The van der Waals surface area contributed by atoms with E-state index < -0.39 is 20.2 Å². The van der Waals surface area contributed by atoms with E-state index in [0.717, 1.165) is 33.9 Å². The summed E-state index contributed by atoms with van der Waals surface area (Å²) in [7, 11) is -8.16. The molecule has 2 aromatic carbocycles. The van der Waals surface area contributed by atoms with Gasteiger partial charge in [0.25, 0.3) is 20.2 Å². The Morgan fingerprint density at radius 1 is 0.652 bits per heavy atom. The maximum atomic E-state index is 13.6. The first-order valence-corrected chi connectivity index (χ1v) is 18.7. The van der Waals surface area contributed by atoms with E-state index in [2.05, 4.69) is 49.6 Å². The first-order chi connectivity index (χ1) is 21.5. The van der Waals surface area contributed by atoms with Gasteiger partial charge >= 0.3 is 0 Å². The molecule has 5 rings (SSSR count). The SMILES string of the molecule is CC1(C)C(=CC=C2CCC(=CC=C3N(CCCS(=O)(=O)O)c4ccccc4C3(C)C)C2=O)N(CCCS(=O)(=O)O)c2ccccc21. The molecule has 1 fully saturated rings. The minimum atomic E-state index is -4.08. The monoisotopic (exact) mass is 666 g/mol. The van der Waals surface area contributed by atoms with E-state index in [4.69, 9.17) is 0 Å². The lowest BCUT2D eigenvalue weighted by Crippen LogP contribution is -2.28. The maximum Gasteiger partial charge on any atom is 0.264 e. The van der Waals surface area contributed by atoms with Gasteiger partial charge in [-0.1, -0.05) is 76.2 Å². The summed E-state index contributed by atoms with van der Waals surface area (Å²) in [4.78, 5) is 17.7. The van der Waals surface area contributed by atoms with Crippen molar-refractivity contribution in [1.82, 2.24) is 0 Å². The fourth-order valence-corrected chi connectivity index (χ4v) is 7.94. The molecule has 2 aliphatic heterocycles. The Kier molecular flexibility index (Phi) is 9.27. The molecule has 0 radical (unpaired) electrons. The van der Waals surface area contributed by atoms with Gasteiger partial charge in [0, 0.05) is 57.8 Å². The molecule has 3 aliphatic rings. The number of para-hydroxylation sites is 2. The zero-order chi connectivity index (χ0) is 33.5. The number of allylic oxidation sites excluding steroid dienone is 8. The van der Waals surface area contributed by atoms with Crippen LogP contribution in [0.15, 0.2) is 95.4 Å². The van der Waals surface area contributed by atoms with E-state index in [1.54, 1.807) is 0 Å². The minimum Gasteiger partial charge on any atom is -0.344 e. The van der Waals surface area contributed by atoms with Gasteiger partial charge in [-0.2, -0.15) is 16.8 Å². The normalized spacial score (nSPS) is 22.4. The molecule has 0 bridgehead atoms. The molecule has 0 unspecified atom stereocenters. The zero-order valence-corrected chi connectivity index (χ0v) is 28.4. The van der Waals surface area contributed by atoms with Crippen LogP contribution in [0.4, 0.5) is 11.4 Å². The second-order valence-corrected chi connectivity index (χ2v) is 16.3. The van der Waals surface area contributed by atoms with Crippen molar-refractivity contribution >= 4 is 37.4 Å².